The molecule has 0 fully saturated rings. The molecule has 0 aliphatic carbocycles. The quantitative estimate of drug-likeness (QED) is 0.135. The maximum absolute atomic E-state index is 3.06. The van der Waals surface area contributed by atoms with Gasteiger partial charge in [-0.1, -0.05) is 99.5 Å². The molecule has 0 atom stereocenters. The van der Waals surface area contributed by atoms with Crippen molar-refractivity contribution in [3.63, 3.8) is 0 Å². The zero-order valence-corrected chi connectivity index (χ0v) is 29.4. The summed E-state index contributed by atoms with van der Waals surface area (Å²) in [5, 5.41) is 5.47. The van der Waals surface area contributed by atoms with E-state index < -0.39 is 0 Å². The van der Waals surface area contributed by atoms with Gasteiger partial charge in [-0.2, -0.15) is 12.1 Å². The van der Waals surface area contributed by atoms with Gasteiger partial charge in [-0.25, -0.2) is 0 Å². The van der Waals surface area contributed by atoms with Gasteiger partial charge in [0.05, 0.1) is 0 Å². The van der Waals surface area contributed by atoms with Crippen LogP contribution >= 0.6 is 0 Å². The summed E-state index contributed by atoms with van der Waals surface area (Å²) in [4.78, 5) is 0. The summed E-state index contributed by atoms with van der Waals surface area (Å²) in [7, 11) is 0. The van der Waals surface area contributed by atoms with Gasteiger partial charge in [-0.05, 0) is 42.0 Å². The summed E-state index contributed by atoms with van der Waals surface area (Å²) < 4.78 is 0. The van der Waals surface area contributed by atoms with Gasteiger partial charge in [-0.3, -0.25) is 0 Å². The fourth-order valence-electron chi connectivity index (χ4n) is 5.21. The summed E-state index contributed by atoms with van der Waals surface area (Å²) in [6.45, 7) is 16.3. The summed E-state index contributed by atoms with van der Waals surface area (Å²) in [6, 6.07) is 37.6. The average Bonchev–Trinajstić information content (AvgIpc) is 3.57. The first kappa shape index (κ1) is 34.4. The normalized spacial score (nSPS) is 10.2. The van der Waals surface area contributed by atoms with E-state index in [9.17, 15) is 0 Å². The topological polar surface area (TPSA) is 0 Å². The number of fused-ring (bicyclic) bond motifs is 2. The van der Waals surface area contributed by atoms with Crippen molar-refractivity contribution in [1.82, 2.24) is 0 Å². The Hall–Kier alpha value is -2.80. The van der Waals surface area contributed by atoms with Gasteiger partial charge in [0, 0.05) is 0 Å². The van der Waals surface area contributed by atoms with Crippen molar-refractivity contribution in [1.29, 1.82) is 0 Å². The molecular formula is C39H42SiZr-4. The van der Waals surface area contributed by atoms with E-state index >= 15 is 0 Å². The van der Waals surface area contributed by atoms with Crippen LogP contribution in [0.1, 0.15) is 47.6 Å². The van der Waals surface area contributed by atoms with E-state index in [-0.39, 0.29) is 14.9 Å². The Bertz CT molecular complexity index is 1700. The number of aryl methyl sites for hydroxylation is 4. The van der Waals surface area contributed by atoms with E-state index in [0.717, 1.165) is 0 Å². The van der Waals surface area contributed by atoms with Crippen LogP contribution in [0.15, 0.2) is 103 Å². The van der Waals surface area contributed by atoms with Crippen molar-refractivity contribution >= 4 is 28.4 Å². The third-order valence-electron chi connectivity index (χ3n) is 7.59. The summed E-state index contributed by atoms with van der Waals surface area (Å²) in [5.41, 5.74) is 12.1. The van der Waals surface area contributed by atoms with E-state index in [0.29, 0.717) is 5.92 Å². The molecule has 0 heterocycles. The molecule has 0 N–H and O–H groups in total. The summed E-state index contributed by atoms with van der Waals surface area (Å²) in [5.74, 6) is 0.579. The SMILES string of the molecule is Cc1cc2c(-c3ccccc3)ccc(C)c2[cH-]1.Cc1ccc(-c2cccc3[cH-]c(C(C)C)cc23)cc1C.[CH3-].[CH3-].[Si]=[Zr]. The molecule has 6 aromatic carbocycles. The van der Waals surface area contributed by atoms with Gasteiger partial charge >= 0.3 is 30.2 Å². The number of hydrogen-bond acceptors (Lipinski definition) is 0. The molecule has 0 unspecified atom stereocenters. The second kappa shape index (κ2) is 15.4. The summed E-state index contributed by atoms with van der Waals surface area (Å²) >= 11 is 1.36. The van der Waals surface area contributed by atoms with Gasteiger partial charge in [0.15, 0.2) is 0 Å². The fourth-order valence-corrected chi connectivity index (χ4v) is 5.21. The number of hydrogen-bond donors (Lipinski definition) is 0. The van der Waals surface area contributed by atoms with Gasteiger partial charge in [0.1, 0.15) is 0 Å². The summed E-state index contributed by atoms with van der Waals surface area (Å²) in [6.07, 6.45) is 0. The monoisotopic (exact) mass is 628 g/mol. The Morgan fingerprint density at radius 2 is 1.24 bits per heavy atom. The first-order valence-corrected chi connectivity index (χ1v) is 17.7. The molecule has 2 heteroatoms. The molecule has 0 spiro atoms. The number of benzene rings is 4. The molecule has 6 rings (SSSR count). The van der Waals surface area contributed by atoms with Crippen LogP contribution in [-0.2, 0) is 23.3 Å². The van der Waals surface area contributed by atoms with Crippen LogP contribution in [0.5, 0.6) is 0 Å². The van der Waals surface area contributed by atoms with Gasteiger partial charge in [0.25, 0.3) is 0 Å². The van der Waals surface area contributed by atoms with Crippen molar-refractivity contribution < 1.29 is 23.3 Å². The molecule has 6 aromatic rings. The van der Waals surface area contributed by atoms with Crippen LogP contribution in [0.3, 0.4) is 0 Å². The Morgan fingerprint density at radius 3 is 1.90 bits per heavy atom. The average molecular weight is 630 g/mol. The van der Waals surface area contributed by atoms with E-state index in [4.69, 9.17) is 0 Å². The van der Waals surface area contributed by atoms with Crippen molar-refractivity contribution in [2.24, 2.45) is 0 Å². The first-order chi connectivity index (χ1) is 18.8. The number of rotatable bonds is 3. The Balaban J connectivity index is 0.000000261. The standard InChI is InChI=1S/C20H21.C17H15.2CH3.Si.Zr/c1-13(2)18-11-16-6-5-7-19(20(16)12-18)17-9-8-14(3)15(4)10-17;1-12-10-16-13(2)8-9-15(17(16)11-12)14-6-4-3-5-7-14;;;;/h5-13H,1-4H3;3-11H,1-2H3;2*1H3;;/q4*-1;;. The minimum atomic E-state index is 0. The van der Waals surface area contributed by atoms with Crippen LogP contribution in [-0.4, -0.2) is 6.88 Å². The molecule has 210 valence electrons. The zero-order valence-electron chi connectivity index (χ0n) is 25.9. The molecule has 41 heavy (non-hydrogen) atoms. The second-order valence-electron chi connectivity index (χ2n) is 10.7. The van der Waals surface area contributed by atoms with E-state index in [2.05, 4.69) is 152 Å². The third kappa shape index (κ3) is 7.73. The second-order valence-corrected chi connectivity index (χ2v) is 10.7. The van der Waals surface area contributed by atoms with Gasteiger partial charge < -0.3 is 14.9 Å². The molecular weight excluding hydrogens is 588 g/mol. The molecule has 0 nitrogen and oxygen atoms in total. The molecule has 0 bridgehead atoms. The van der Waals surface area contributed by atoms with Crippen LogP contribution < -0.4 is 0 Å². The fraction of sp³-hybridized carbons (Fsp3) is 0.179. The third-order valence-corrected chi connectivity index (χ3v) is 7.59. The molecule has 2 radical (unpaired) electrons. The Labute approximate surface area is 265 Å². The molecule has 0 aromatic heterocycles. The molecule has 0 amide bonds. The molecule has 0 aliphatic heterocycles. The van der Waals surface area contributed by atoms with Gasteiger partial charge in [0.2, 0.25) is 0 Å². The minimum absolute atomic E-state index is 0. The van der Waals surface area contributed by atoms with Crippen LogP contribution in [0, 0.1) is 42.5 Å². The predicted molar refractivity (Wildman–Crippen MR) is 182 cm³/mol. The van der Waals surface area contributed by atoms with Crippen LogP contribution in [0.2, 0.25) is 0 Å². The Morgan fingerprint density at radius 1 is 0.585 bits per heavy atom. The van der Waals surface area contributed by atoms with E-state index in [1.807, 2.05) is 0 Å². The van der Waals surface area contributed by atoms with E-state index in [1.54, 1.807) is 0 Å². The van der Waals surface area contributed by atoms with Gasteiger partial charge in [-0.15, -0.1) is 68.6 Å². The van der Waals surface area contributed by atoms with Crippen molar-refractivity contribution in [3.05, 3.63) is 146 Å². The van der Waals surface area contributed by atoms with Crippen LogP contribution in [0.4, 0.5) is 0 Å². The maximum atomic E-state index is 3.06. The van der Waals surface area contributed by atoms with Crippen LogP contribution in [0.25, 0.3) is 43.8 Å². The van der Waals surface area contributed by atoms with E-state index in [1.165, 1.54) is 95.0 Å². The van der Waals surface area contributed by atoms with Crippen molar-refractivity contribution in [3.8, 4) is 22.3 Å². The Kier molecular flexibility index (Phi) is 13.0. The molecule has 0 saturated heterocycles. The first-order valence-electron chi connectivity index (χ1n) is 13.6. The van der Waals surface area contributed by atoms with Crippen molar-refractivity contribution in [2.45, 2.75) is 47.5 Å². The molecule has 0 aliphatic rings. The molecule has 0 saturated carbocycles. The zero-order chi connectivity index (χ0) is 28.1. The predicted octanol–water partition coefficient (Wildman–Crippen LogP) is 11.3. The van der Waals surface area contributed by atoms with Crippen molar-refractivity contribution in [2.75, 3.05) is 0 Å².